The Bertz CT molecular complexity index is 227. The van der Waals surface area contributed by atoms with E-state index in [1.807, 2.05) is 11.9 Å². The van der Waals surface area contributed by atoms with Crippen molar-refractivity contribution < 1.29 is 4.79 Å². The quantitative estimate of drug-likeness (QED) is 0.591. The highest BCUT2D eigenvalue weighted by Crippen LogP contribution is 2.31. The fourth-order valence-electron chi connectivity index (χ4n) is 2.50. The molecule has 0 aromatic rings. The first-order valence-corrected chi connectivity index (χ1v) is 5.09. The zero-order valence-electron chi connectivity index (χ0n) is 8.66. The molecule has 2 aliphatic rings. The number of rotatable bonds is 1. The highest BCUT2D eigenvalue weighted by molar-refractivity contribution is 5.79. The third-order valence-corrected chi connectivity index (χ3v) is 3.49. The third-order valence-electron chi connectivity index (χ3n) is 3.49. The SMILES string of the molecule is CC(C)N1C[C@H]2CC(=O)N(C)[C@H]2C1. The molecule has 2 aliphatic heterocycles. The van der Waals surface area contributed by atoms with E-state index in [-0.39, 0.29) is 0 Å². The first-order chi connectivity index (χ1) is 6.09. The van der Waals surface area contributed by atoms with Crippen LogP contribution in [0, 0.1) is 5.92 Å². The first kappa shape index (κ1) is 9.00. The number of nitrogens with zero attached hydrogens (tertiary/aromatic N) is 2. The number of likely N-dealkylation sites (tertiary alicyclic amines) is 2. The van der Waals surface area contributed by atoms with Crippen LogP contribution in [0.4, 0.5) is 0 Å². The van der Waals surface area contributed by atoms with Gasteiger partial charge in [-0.15, -0.1) is 0 Å². The van der Waals surface area contributed by atoms with Gasteiger partial charge in [-0.2, -0.15) is 0 Å². The van der Waals surface area contributed by atoms with E-state index in [4.69, 9.17) is 0 Å². The Morgan fingerprint density at radius 2 is 2.08 bits per heavy atom. The van der Waals surface area contributed by atoms with Crippen LogP contribution >= 0.6 is 0 Å². The van der Waals surface area contributed by atoms with Crippen LogP contribution in [0.2, 0.25) is 0 Å². The van der Waals surface area contributed by atoms with Crippen molar-refractivity contribution in [1.29, 1.82) is 0 Å². The molecule has 1 amide bonds. The maximum absolute atomic E-state index is 11.4. The highest BCUT2D eigenvalue weighted by Gasteiger charge is 2.44. The van der Waals surface area contributed by atoms with Gasteiger partial charge < -0.3 is 4.90 Å². The Balaban J connectivity index is 2.04. The molecule has 13 heavy (non-hydrogen) atoms. The fraction of sp³-hybridized carbons (Fsp3) is 0.900. The van der Waals surface area contributed by atoms with Crippen LogP contribution in [0.1, 0.15) is 20.3 Å². The van der Waals surface area contributed by atoms with Crippen molar-refractivity contribution in [2.24, 2.45) is 5.92 Å². The Labute approximate surface area is 79.7 Å². The summed E-state index contributed by atoms with van der Waals surface area (Å²) in [4.78, 5) is 15.8. The minimum absolute atomic E-state index is 0.332. The smallest absolute Gasteiger partial charge is 0.223 e. The summed E-state index contributed by atoms with van der Waals surface area (Å²) in [6, 6.07) is 1.11. The van der Waals surface area contributed by atoms with Gasteiger partial charge in [0.15, 0.2) is 0 Å². The van der Waals surface area contributed by atoms with Gasteiger partial charge in [0.25, 0.3) is 0 Å². The fourth-order valence-corrected chi connectivity index (χ4v) is 2.50. The molecule has 3 nitrogen and oxygen atoms in total. The van der Waals surface area contributed by atoms with E-state index < -0.39 is 0 Å². The minimum Gasteiger partial charge on any atom is -0.341 e. The van der Waals surface area contributed by atoms with Gasteiger partial charge in [-0.1, -0.05) is 0 Å². The lowest BCUT2D eigenvalue weighted by Gasteiger charge is -2.23. The molecule has 0 unspecified atom stereocenters. The third kappa shape index (κ3) is 1.35. The van der Waals surface area contributed by atoms with Crippen molar-refractivity contribution in [3.05, 3.63) is 0 Å². The van der Waals surface area contributed by atoms with Gasteiger partial charge in [0.05, 0.1) is 0 Å². The van der Waals surface area contributed by atoms with Gasteiger partial charge in [-0.3, -0.25) is 9.69 Å². The van der Waals surface area contributed by atoms with Gasteiger partial charge in [0.2, 0.25) is 5.91 Å². The molecule has 0 aromatic carbocycles. The Kier molecular flexibility index (Phi) is 2.06. The Morgan fingerprint density at radius 1 is 1.38 bits per heavy atom. The van der Waals surface area contributed by atoms with Gasteiger partial charge in [0.1, 0.15) is 0 Å². The molecule has 0 bridgehead atoms. The van der Waals surface area contributed by atoms with Crippen molar-refractivity contribution in [3.63, 3.8) is 0 Å². The van der Waals surface area contributed by atoms with Gasteiger partial charge in [-0.05, 0) is 13.8 Å². The van der Waals surface area contributed by atoms with Crippen LogP contribution in [0.25, 0.3) is 0 Å². The average molecular weight is 182 g/mol. The first-order valence-electron chi connectivity index (χ1n) is 5.09. The average Bonchev–Trinajstić information content (AvgIpc) is 2.55. The molecule has 0 radical (unpaired) electrons. The van der Waals surface area contributed by atoms with E-state index >= 15 is 0 Å². The Morgan fingerprint density at radius 3 is 2.62 bits per heavy atom. The topological polar surface area (TPSA) is 23.6 Å². The number of hydrogen-bond donors (Lipinski definition) is 0. The number of carbonyl (C=O) groups is 1. The van der Waals surface area contributed by atoms with E-state index in [1.165, 1.54) is 0 Å². The van der Waals surface area contributed by atoms with Crippen molar-refractivity contribution in [3.8, 4) is 0 Å². The molecular formula is C10H18N2O. The largest absolute Gasteiger partial charge is 0.341 e. The van der Waals surface area contributed by atoms with E-state index in [0.717, 1.165) is 19.5 Å². The molecule has 2 fully saturated rings. The molecule has 0 saturated carbocycles. The lowest BCUT2D eigenvalue weighted by atomic mass is 10.1. The van der Waals surface area contributed by atoms with Crippen LogP contribution in [0.15, 0.2) is 0 Å². The number of likely N-dealkylation sites (N-methyl/N-ethyl adjacent to an activating group) is 1. The summed E-state index contributed by atoms with van der Waals surface area (Å²) in [6.07, 6.45) is 0.768. The van der Waals surface area contributed by atoms with Crippen LogP contribution in [0.5, 0.6) is 0 Å². The summed E-state index contributed by atoms with van der Waals surface area (Å²) in [5, 5.41) is 0. The number of amides is 1. The van der Waals surface area contributed by atoms with E-state index in [9.17, 15) is 4.79 Å². The molecule has 0 aromatic heterocycles. The molecule has 2 heterocycles. The lowest BCUT2D eigenvalue weighted by Crippen LogP contribution is -2.36. The van der Waals surface area contributed by atoms with Gasteiger partial charge >= 0.3 is 0 Å². The minimum atomic E-state index is 0.332. The zero-order chi connectivity index (χ0) is 9.59. The van der Waals surface area contributed by atoms with Gasteiger partial charge in [-0.25, -0.2) is 0 Å². The molecule has 3 heteroatoms. The maximum Gasteiger partial charge on any atom is 0.223 e. The number of carbonyl (C=O) groups excluding carboxylic acids is 1. The predicted molar refractivity (Wildman–Crippen MR) is 51.4 cm³/mol. The van der Waals surface area contributed by atoms with E-state index in [0.29, 0.717) is 23.9 Å². The van der Waals surface area contributed by atoms with Crippen LogP contribution in [-0.2, 0) is 4.79 Å². The monoisotopic (exact) mass is 182 g/mol. The van der Waals surface area contributed by atoms with Gasteiger partial charge in [0, 0.05) is 44.6 Å². The second-order valence-electron chi connectivity index (χ2n) is 4.58. The molecular weight excluding hydrogens is 164 g/mol. The lowest BCUT2D eigenvalue weighted by molar-refractivity contribution is -0.127. The van der Waals surface area contributed by atoms with E-state index in [2.05, 4.69) is 18.7 Å². The maximum atomic E-state index is 11.4. The Hall–Kier alpha value is -0.570. The molecule has 2 rings (SSSR count). The molecule has 0 spiro atoms. The second-order valence-corrected chi connectivity index (χ2v) is 4.58. The molecule has 2 atom stereocenters. The summed E-state index contributed by atoms with van der Waals surface area (Å²) in [6.45, 7) is 6.63. The van der Waals surface area contributed by atoms with Crippen LogP contribution in [-0.4, -0.2) is 47.9 Å². The standard InChI is InChI=1S/C10H18N2O/c1-7(2)12-5-8-4-10(13)11(3)9(8)6-12/h7-9H,4-6H2,1-3H3/t8-,9+/m1/s1. The van der Waals surface area contributed by atoms with Crippen molar-refractivity contribution in [1.82, 2.24) is 9.80 Å². The van der Waals surface area contributed by atoms with Crippen molar-refractivity contribution in [2.75, 3.05) is 20.1 Å². The molecule has 2 saturated heterocycles. The van der Waals surface area contributed by atoms with E-state index in [1.54, 1.807) is 0 Å². The summed E-state index contributed by atoms with van der Waals surface area (Å²) in [5.41, 5.74) is 0. The normalized spacial score (nSPS) is 34.8. The molecule has 0 N–H and O–H groups in total. The predicted octanol–water partition coefficient (Wildman–Crippen LogP) is 0.557. The molecule has 0 aliphatic carbocycles. The summed E-state index contributed by atoms with van der Waals surface area (Å²) >= 11 is 0. The van der Waals surface area contributed by atoms with Crippen molar-refractivity contribution in [2.45, 2.75) is 32.4 Å². The van der Waals surface area contributed by atoms with Crippen molar-refractivity contribution >= 4 is 5.91 Å². The van der Waals surface area contributed by atoms with Crippen LogP contribution < -0.4 is 0 Å². The number of fused-ring (bicyclic) bond motifs is 1. The highest BCUT2D eigenvalue weighted by atomic mass is 16.2. The zero-order valence-corrected chi connectivity index (χ0v) is 8.66. The summed E-state index contributed by atoms with van der Waals surface area (Å²) < 4.78 is 0. The summed E-state index contributed by atoms with van der Waals surface area (Å²) in [5.74, 6) is 0.929. The second kappa shape index (κ2) is 2.98. The van der Waals surface area contributed by atoms with Crippen LogP contribution in [0.3, 0.4) is 0 Å². The molecule has 74 valence electrons. The summed E-state index contributed by atoms with van der Waals surface area (Å²) in [7, 11) is 1.94. The number of hydrogen-bond acceptors (Lipinski definition) is 2.